The number of hydrogen-bond donors (Lipinski definition) is 2. The van der Waals surface area contributed by atoms with Crippen LogP contribution in [0.5, 0.6) is 5.75 Å². The van der Waals surface area contributed by atoms with Gasteiger partial charge in [-0.2, -0.15) is 0 Å². The van der Waals surface area contributed by atoms with E-state index in [1.54, 1.807) is 24.3 Å². The van der Waals surface area contributed by atoms with E-state index in [2.05, 4.69) is 12.2 Å². The summed E-state index contributed by atoms with van der Waals surface area (Å²) in [7, 11) is 0. The molecule has 1 unspecified atom stereocenters. The van der Waals surface area contributed by atoms with Crippen LogP contribution < -0.4 is 5.32 Å². The molecule has 0 saturated carbocycles. The van der Waals surface area contributed by atoms with Crippen molar-refractivity contribution in [2.24, 2.45) is 0 Å². The predicted molar refractivity (Wildman–Crippen MR) is 79.2 cm³/mol. The Kier molecular flexibility index (Phi) is 5.13. The van der Waals surface area contributed by atoms with Crippen molar-refractivity contribution < 1.29 is 9.50 Å². The Morgan fingerprint density at radius 2 is 1.90 bits per heavy atom. The second-order valence-electron chi connectivity index (χ2n) is 4.89. The summed E-state index contributed by atoms with van der Waals surface area (Å²) >= 11 is 0. The Hall–Kier alpha value is -1.87. The highest BCUT2D eigenvalue weighted by atomic mass is 19.1. The number of phenols is 1. The molecule has 3 heteroatoms. The van der Waals surface area contributed by atoms with Crippen molar-refractivity contribution in [2.45, 2.75) is 25.8 Å². The Bertz CT molecular complexity index is 539. The SMILES string of the molecule is CCC(NCCc1cccc(F)c1)c1ccc(O)cc1. The van der Waals surface area contributed by atoms with Gasteiger partial charge in [0.05, 0.1) is 0 Å². The number of hydrogen-bond acceptors (Lipinski definition) is 2. The van der Waals surface area contributed by atoms with Gasteiger partial charge in [0.15, 0.2) is 0 Å². The molecule has 2 nitrogen and oxygen atoms in total. The molecule has 0 aliphatic heterocycles. The third-order valence-corrected chi connectivity index (χ3v) is 3.40. The molecule has 0 spiro atoms. The van der Waals surface area contributed by atoms with Crippen LogP contribution in [0.15, 0.2) is 48.5 Å². The average molecular weight is 273 g/mol. The maximum absolute atomic E-state index is 13.1. The minimum atomic E-state index is -0.187. The monoisotopic (exact) mass is 273 g/mol. The molecule has 0 fully saturated rings. The fourth-order valence-corrected chi connectivity index (χ4v) is 2.29. The van der Waals surface area contributed by atoms with E-state index >= 15 is 0 Å². The standard InChI is InChI=1S/C17H20FNO/c1-2-17(14-6-8-16(20)9-7-14)19-11-10-13-4-3-5-15(18)12-13/h3-9,12,17,19-20H,2,10-11H2,1H3. The minimum Gasteiger partial charge on any atom is -0.508 e. The lowest BCUT2D eigenvalue weighted by Crippen LogP contribution is -2.23. The maximum Gasteiger partial charge on any atom is 0.123 e. The lowest BCUT2D eigenvalue weighted by molar-refractivity contribution is 0.473. The van der Waals surface area contributed by atoms with Gasteiger partial charge in [-0.3, -0.25) is 0 Å². The number of phenolic OH excluding ortho intramolecular Hbond substituents is 1. The Balaban J connectivity index is 1.89. The van der Waals surface area contributed by atoms with Gasteiger partial charge in [0.25, 0.3) is 0 Å². The molecule has 0 bridgehead atoms. The molecule has 0 aromatic heterocycles. The summed E-state index contributed by atoms with van der Waals surface area (Å²) < 4.78 is 13.1. The molecule has 1 atom stereocenters. The molecule has 0 radical (unpaired) electrons. The third-order valence-electron chi connectivity index (χ3n) is 3.40. The van der Waals surface area contributed by atoms with Gasteiger partial charge in [0.2, 0.25) is 0 Å². The largest absolute Gasteiger partial charge is 0.508 e. The van der Waals surface area contributed by atoms with Crippen LogP contribution in [-0.4, -0.2) is 11.7 Å². The first-order valence-corrected chi connectivity index (χ1v) is 6.96. The van der Waals surface area contributed by atoms with E-state index in [-0.39, 0.29) is 17.6 Å². The normalized spacial score (nSPS) is 12.3. The van der Waals surface area contributed by atoms with Crippen molar-refractivity contribution in [2.75, 3.05) is 6.54 Å². The molecule has 2 N–H and O–H groups in total. The number of rotatable bonds is 6. The van der Waals surface area contributed by atoms with Gasteiger partial charge in [-0.1, -0.05) is 31.2 Å². The van der Waals surface area contributed by atoms with Crippen LogP contribution in [0.3, 0.4) is 0 Å². The van der Waals surface area contributed by atoms with Crippen molar-refractivity contribution in [3.63, 3.8) is 0 Å². The first kappa shape index (κ1) is 14.5. The van der Waals surface area contributed by atoms with Crippen LogP contribution in [-0.2, 0) is 6.42 Å². The van der Waals surface area contributed by atoms with Crippen LogP contribution in [0.25, 0.3) is 0 Å². The number of halogens is 1. The van der Waals surface area contributed by atoms with Crippen molar-refractivity contribution in [3.05, 3.63) is 65.5 Å². The van der Waals surface area contributed by atoms with E-state index in [0.29, 0.717) is 0 Å². The Labute approximate surface area is 119 Å². The highest BCUT2D eigenvalue weighted by Gasteiger charge is 2.08. The summed E-state index contributed by atoms with van der Waals surface area (Å²) in [6.45, 7) is 2.91. The van der Waals surface area contributed by atoms with Gasteiger partial charge < -0.3 is 10.4 Å². The van der Waals surface area contributed by atoms with Crippen molar-refractivity contribution in [1.82, 2.24) is 5.32 Å². The predicted octanol–water partition coefficient (Wildman–Crippen LogP) is 3.81. The Morgan fingerprint density at radius 1 is 1.15 bits per heavy atom. The summed E-state index contributed by atoms with van der Waals surface area (Å²) in [4.78, 5) is 0. The highest BCUT2D eigenvalue weighted by molar-refractivity contribution is 5.28. The van der Waals surface area contributed by atoms with Gasteiger partial charge in [0.1, 0.15) is 11.6 Å². The van der Waals surface area contributed by atoms with Crippen LogP contribution in [0.2, 0.25) is 0 Å². The van der Waals surface area contributed by atoms with E-state index in [1.807, 2.05) is 18.2 Å². The fraction of sp³-hybridized carbons (Fsp3) is 0.294. The first-order chi connectivity index (χ1) is 9.69. The van der Waals surface area contributed by atoms with Gasteiger partial charge >= 0.3 is 0 Å². The van der Waals surface area contributed by atoms with Crippen LogP contribution >= 0.6 is 0 Å². The zero-order valence-corrected chi connectivity index (χ0v) is 11.6. The molecule has 0 aliphatic carbocycles. The van der Waals surface area contributed by atoms with E-state index in [4.69, 9.17) is 0 Å². The first-order valence-electron chi connectivity index (χ1n) is 6.96. The van der Waals surface area contributed by atoms with Crippen molar-refractivity contribution in [1.29, 1.82) is 0 Å². The fourth-order valence-electron chi connectivity index (χ4n) is 2.29. The zero-order chi connectivity index (χ0) is 14.4. The van der Waals surface area contributed by atoms with E-state index in [9.17, 15) is 9.50 Å². The molecule has 0 amide bonds. The molecule has 2 aromatic carbocycles. The molecule has 0 saturated heterocycles. The average Bonchev–Trinajstić information content (AvgIpc) is 2.45. The molecule has 0 heterocycles. The minimum absolute atomic E-state index is 0.187. The Morgan fingerprint density at radius 3 is 2.55 bits per heavy atom. The van der Waals surface area contributed by atoms with Gasteiger partial charge in [0, 0.05) is 6.04 Å². The second kappa shape index (κ2) is 7.06. The van der Waals surface area contributed by atoms with Gasteiger partial charge in [-0.05, 0) is 54.8 Å². The second-order valence-corrected chi connectivity index (χ2v) is 4.89. The van der Waals surface area contributed by atoms with Gasteiger partial charge in [-0.25, -0.2) is 4.39 Å². The number of aromatic hydroxyl groups is 1. The van der Waals surface area contributed by atoms with Gasteiger partial charge in [-0.15, -0.1) is 0 Å². The van der Waals surface area contributed by atoms with Crippen molar-refractivity contribution in [3.8, 4) is 5.75 Å². The molecular formula is C17H20FNO. The number of benzene rings is 2. The topological polar surface area (TPSA) is 32.3 Å². The summed E-state index contributed by atoms with van der Waals surface area (Å²) in [5, 5.41) is 12.8. The molecule has 2 rings (SSSR count). The molecule has 106 valence electrons. The summed E-state index contributed by atoms with van der Waals surface area (Å²) in [5.41, 5.74) is 2.16. The molecule has 2 aromatic rings. The third kappa shape index (κ3) is 4.07. The molecule has 20 heavy (non-hydrogen) atoms. The van der Waals surface area contributed by atoms with Crippen LogP contribution in [0.4, 0.5) is 4.39 Å². The van der Waals surface area contributed by atoms with E-state index in [0.717, 1.165) is 30.5 Å². The maximum atomic E-state index is 13.1. The quantitative estimate of drug-likeness (QED) is 0.838. The zero-order valence-electron chi connectivity index (χ0n) is 11.6. The number of nitrogens with one attached hydrogen (secondary N) is 1. The van der Waals surface area contributed by atoms with Crippen LogP contribution in [0.1, 0.15) is 30.5 Å². The molecule has 0 aliphatic rings. The lowest BCUT2D eigenvalue weighted by atomic mass is 10.0. The summed E-state index contributed by atoms with van der Waals surface area (Å²) in [5.74, 6) is 0.0939. The summed E-state index contributed by atoms with van der Waals surface area (Å²) in [6.07, 6.45) is 1.76. The smallest absolute Gasteiger partial charge is 0.123 e. The lowest BCUT2D eigenvalue weighted by Gasteiger charge is -2.17. The highest BCUT2D eigenvalue weighted by Crippen LogP contribution is 2.19. The van der Waals surface area contributed by atoms with Crippen molar-refractivity contribution >= 4 is 0 Å². The van der Waals surface area contributed by atoms with Crippen LogP contribution in [0, 0.1) is 5.82 Å². The van der Waals surface area contributed by atoms with E-state index in [1.165, 1.54) is 6.07 Å². The summed E-state index contributed by atoms with van der Waals surface area (Å²) in [6, 6.07) is 14.2. The van der Waals surface area contributed by atoms with E-state index < -0.39 is 0 Å². The molecular weight excluding hydrogens is 253 g/mol.